The molecule has 0 atom stereocenters. The lowest BCUT2D eigenvalue weighted by molar-refractivity contribution is -0.132. The normalized spacial score (nSPS) is 22.4. The molecule has 7 nitrogen and oxygen atoms in total. The van der Waals surface area contributed by atoms with Crippen LogP contribution in [0.4, 0.5) is 5.82 Å². The Balaban J connectivity index is 1.36. The minimum Gasteiger partial charge on any atom is -0.367 e. The highest BCUT2D eigenvalue weighted by molar-refractivity contribution is 5.78. The first-order valence-electron chi connectivity index (χ1n) is 9.97. The SMILES string of the molecule is CN1CCCN(CC(=O)N2CCc3ncnc(NC4CC4)c3CC2)CC1. The zero-order chi connectivity index (χ0) is 17.9. The Morgan fingerprint density at radius 1 is 1.12 bits per heavy atom. The summed E-state index contributed by atoms with van der Waals surface area (Å²) in [6.07, 6.45) is 6.93. The van der Waals surface area contributed by atoms with Crippen molar-refractivity contribution in [3.8, 4) is 0 Å². The molecule has 1 saturated heterocycles. The van der Waals surface area contributed by atoms with E-state index in [0.29, 0.717) is 12.6 Å². The second-order valence-electron chi connectivity index (χ2n) is 7.88. The average Bonchev–Trinajstić information content (AvgIpc) is 3.46. The van der Waals surface area contributed by atoms with Gasteiger partial charge in [-0.2, -0.15) is 0 Å². The minimum absolute atomic E-state index is 0.257. The summed E-state index contributed by atoms with van der Waals surface area (Å²) in [6, 6.07) is 0.580. The first kappa shape index (κ1) is 17.7. The Morgan fingerprint density at radius 3 is 2.81 bits per heavy atom. The van der Waals surface area contributed by atoms with Gasteiger partial charge in [-0.15, -0.1) is 0 Å². The molecule has 2 aliphatic heterocycles. The van der Waals surface area contributed by atoms with Gasteiger partial charge in [0.2, 0.25) is 5.91 Å². The summed E-state index contributed by atoms with van der Waals surface area (Å²) >= 11 is 0. The first-order chi connectivity index (χ1) is 12.7. The Bertz CT molecular complexity index is 647. The molecular formula is C19H30N6O. The molecule has 0 aromatic carbocycles. The molecule has 1 N–H and O–H groups in total. The molecule has 0 spiro atoms. The lowest BCUT2D eigenvalue weighted by Gasteiger charge is -2.25. The van der Waals surface area contributed by atoms with E-state index in [1.165, 1.54) is 18.4 Å². The lowest BCUT2D eigenvalue weighted by Crippen LogP contribution is -2.42. The largest absolute Gasteiger partial charge is 0.367 e. The maximum absolute atomic E-state index is 12.9. The molecule has 0 bridgehead atoms. The zero-order valence-corrected chi connectivity index (χ0v) is 15.8. The third-order valence-corrected chi connectivity index (χ3v) is 5.73. The van der Waals surface area contributed by atoms with Crippen molar-refractivity contribution in [2.45, 2.75) is 38.1 Å². The Morgan fingerprint density at radius 2 is 1.96 bits per heavy atom. The summed E-state index contributed by atoms with van der Waals surface area (Å²) < 4.78 is 0. The summed E-state index contributed by atoms with van der Waals surface area (Å²) in [7, 11) is 2.16. The maximum Gasteiger partial charge on any atom is 0.236 e. The van der Waals surface area contributed by atoms with Crippen molar-refractivity contribution in [2.24, 2.45) is 0 Å². The van der Waals surface area contributed by atoms with Crippen LogP contribution in [0.2, 0.25) is 0 Å². The number of amides is 1. The van der Waals surface area contributed by atoms with Crippen molar-refractivity contribution < 1.29 is 4.79 Å². The molecule has 3 heterocycles. The van der Waals surface area contributed by atoms with Crippen LogP contribution in [-0.2, 0) is 17.6 Å². The van der Waals surface area contributed by atoms with E-state index < -0.39 is 0 Å². The summed E-state index contributed by atoms with van der Waals surface area (Å²) in [6.45, 7) is 6.25. The number of carbonyl (C=O) groups is 1. The molecule has 26 heavy (non-hydrogen) atoms. The van der Waals surface area contributed by atoms with Gasteiger partial charge in [0, 0.05) is 44.2 Å². The van der Waals surface area contributed by atoms with E-state index in [2.05, 4.69) is 32.1 Å². The lowest BCUT2D eigenvalue weighted by atomic mass is 10.1. The predicted molar refractivity (Wildman–Crippen MR) is 101 cm³/mol. The van der Waals surface area contributed by atoms with Crippen LogP contribution in [0.3, 0.4) is 0 Å². The summed E-state index contributed by atoms with van der Waals surface area (Å²) in [4.78, 5) is 28.5. The number of carbonyl (C=O) groups excluding carboxylic acids is 1. The van der Waals surface area contributed by atoms with E-state index in [-0.39, 0.29) is 5.91 Å². The molecule has 7 heteroatoms. The van der Waals surface area contributed by atoms with Gasteiger partial charge in [-0.25, -0.2) is 9.97 Å². The number of nitrogens with one attached hydrogen (secondary N) is 1. The van der Waals surface area contributed by atoms with Gasteiger partial charge in [-0.3, -0.25) is 9.69 Å². The Hall–Kier alpha value is -1.73. The van der Waals surface area contributed by atoms with Crippen LogP contribution in [0.15, 0.2) is 6.33 Å². The summed E-state index contributed by atoms with van der Waals surface area (Å²) in [5.74, 6) is 1.24. The number of fused-ring (bicyclic) bond motifs is 1. The molecule has 1 aromatic heterocycles. The van der Waals surface area contributed by atoms with Crippen LogP contribution >= 0.6 is 0 Å². The highest BCUT2D eigenvalue weighted by Gasteiger charge is 2.26. The number of hydrogen-bond donors (Lipinski definition) is 1. The topological polar surface area (TPSA) is 64.6 Å². The summed E-state index contributed by atoms with van der Waals surface area (Å²) in [5, 5.41) is 3.53. The second-order valence-corrected chi connectivity index (χ2v) is 7.88. The Labute approximate surface area is 155 Å². The number of nitrogens with zero attached hydrogens (tertiary/aromatic N) is 5. The monoisotopic (exact) mass is 358 g/mol. The molecule has 1 aromatic rings. The predicted octanol–water partition coefficient (Wildman–Crippen LogP) is 0.616. The van der Waals surface area contributed by atoms with Crippen molar-refractivity contribution in [3.63, 3.8) is 0 Å². The van der Waals surface area contributed by atoms with Crippen LogP contribution in [0.25, 0.3) is 0 Å². The molecule has 0 unspecified atom stereocenters. The average molecular weight is 358 g/mol. The third-order valence-electron chi connectivity index (χ3n) is 5.73. The number of rotatable bonds is 4. The third kappa shape index (κ3) is 4.32. The van der Waals surface area contributed by atoms with Gasteiger partial charge >= 0.3 is 0 Å². The number of aromatic nitrogens is 2. The number of anilines is 1. The van der Waals surface area contributed by atoms with Crippen molar-refractivity contribution in [3.05, 3.63) is 17.6 Å². The number of likely N-dealkylation sites (N-methyl/N-ethyl adjacent to an activating group) is 1. The fourth-order valence-corrected chi connectivity index (χ4v) is 3.87. The van der Waals surface area contributed by atoms with E-state index in [0.717, 1.165) is 70.0 Å². The molecule has 4 rings (SSSR count). The second kappa shape index (κ2) is 7.88. The van der Waals surface area contributed by atoms with Gasteiger partial charge < -0.3 is 15.1 Å². The van der Waals surface area contributed by atoms with Gasteiger partial charge in [0.25, 0.3) is 0 Å². The summed E-state index contributed by atoms with van der Waals surface area (Å²) in [5.41, 5.74) is 2.32. The Kier molecular flexibility index (Phi) is 5.36. The molecule has 1 saturated carbocycles. The van der Waals surface area contributed by atoms with Crippen LogP contribution in [0.5, 0.6) is 0 Å². The van der Waals surface area contributed by atoms with Crippen molar-refractivity contribution >= 4 is 11.7 Å². The van der Waals surface area contributed by atoms with Crippen LogP contribution in [0.1, 0.15) is 30.5 Å². The zero-order valence-electron chi connectivity index (χ0n) is 15.8. The van der Waals surface area contributed by atoms with Crippen molar-refractivity contribution in [1.82, 2.24) is 24.7 Å². The fraction of sp³-hybridized carbons (Fsp3) is 0.737. The first-order valence-corrected chi connectivity index (χ1v) is 9.97. The van der Waals surface area contributed by atoms with Gasteiger partial charge in [0.05, 0.1) is 12.2 Å². The highest BCUT2D eigenvalue weighted by atomic mass is 16.2. The van der Waals surface area contributed by atoms with E-state index in [4.69, 9.17) is 0 Å². The molecule has 0 radical (unpaired) electrons. The molecular weight excluding hydrogens is 328 g/mol. The molecule has 3 aliphatic rings. The number of hydrogen-bond acceptors (Lipinski definition) is 6. The van der Waals surface area contributed by atoms with Crippen LogP contribution in [0, 0.1) is 0 Å². The van der Waals surface area contributed by atoms with Crippen LogP contribution in [-0.4, -0.2) is 89.5 Å². The molecule has 2 fully saturated rings. The van der Waals surface area contributed by atoms with Gasteiger partial charge in [-0.1, -0.05) is 0 Å². The maximum atomic E-state index is 12.9. The van der Waals surface area contributed by atoms with Gasteiger partial charge in [0.15, 0.2) is 0 Å². The molecule has 1 aliphatic carbocycles. The van der Waals surface area contributed by atoms with E-state index >= 15 is 0 Å². The smallest absolute Gasteiger partial charge is 0.236 e. The van der Waals surface area contributed by atoms with Crippen LogP contribution < -0.4 is 5.32 Å². The van der Waals surface area contributed by atoms with Crippen molar-refractivity contribution in [1.29, 1.82) is 0 Å². The van der Waals surface area contributed by atoms with E-state index in [9.17, 15) is 4.79 Å². The fourth-order valence-electron chi connectivity index (χ4n) is 3.87. The highest BCUT2D eigenvalue weighted by Crippen LogP contribution is 2.27. The van der Waals surface area contributed by atoms with Crippen molar-refractivity contribution in [2.75, 3.05) is 58.2 Å². The van der Waals surface area contributed by atoms with E-state index in [1.54, 1.807) is 6.33 Å². The van der Waals surface area contributed by atoms with Gasteiger partial charge in [0.1, 0.15) is 12.1 Å². The molecule has 142 valence electrons. The quantitative estimate of drug-likeness (QED) is 0.851. The standard InChI is InChI=1S/C19H30N6O/c1-23-7-2-8-24(12-11-23)13-18(26)25-9-5-16-17(6-10-25)20-14-21-19(16)22-15-3-4-15/h14-15H,2-13H2,1H3,(H,20,21,22). The molecule has 1 amide bonds. The van der Waals surface area contributed by atoms with E-state index in [1.807, 2.05) is 4.90 Å². The minimum atomic E-state index is 0.257. The van der Waals surface area contributed by atoms with Gasteiger partial charge in [-0.05, 0) is 45.8 Å².